The predicted octanol–water partition coefficient (Wildman–Crippen LogP) is 3.74. The van der Waals surface area contributed by atoms with Gasteiger partial charge in [-0.15, -0.1) is 0 Å². The van der Waals surface area contributed by atoms with Gasteiger partial charge in [0.15, 0.2) is 0 Å². The molecule has 2 aliphatic rings. The average molecular weight is 482 g/mol. The van der Waals surface area contributed by atoms with Crippen LogP contribution in [0.4, 0.5) is 25.0 Å². The number of hydrogen-bond acceptors (Lipinski definition) is 5. The molecule has 10 heteroatoms. The summed E-state index contributed by atoms with van der Waals surface area (Å²) in [6.45, 7) is 3.02. The van der Waals surface area contributed by atoms with E-state index in [1.165, 1.54) is 24.0 Å². The Labute approximate surface area is 201 Å². The van der Waals surface area contributed by atoms with Crippen molar-refractivity contribution in [3.8, 4) is 11.3 Å². The number of benzene rings is 2. The van der Waals surface area contributed by atoms with Crippen LogP contribution in [0, 0.1) is 11.6 Å². The van der Waals surface area contributed by atoms with Crippen LogP contribution in [0.5, 0.6) is 0 Å². The van der Waals surface area contributed by atoms with Crippen LogP contribution in [0.15, 0.2) is 54.7 Å². The Morgan fingerprint density at radius 2 is 1.97 bits per heavy atom. The summed E-state index contributed by atoms with van der Waals surface area (Å²) < 4.78 is 36.3. The van der Waals surface area contributed by atoms with E-state index in [2.05, 4.69) is 10.4 Å². The maximum absolute atomic E-state index is 15.1. The zero-order chi connectivity index (χ0) is 24.5. The van der Waals surface area contributed by atoms with Crippen LogP contribution >= 0.6 is 0 Å². The molecule has 0 bridgehead atoms. The van der Waals surface area contributed by atoms with Crippen molar-refractivity contribution in [3.05, 3.63) is 66.4 Å². The Balaban J connectivity index is 1.25. The minimum Gasteiger partial charge on any atom is -0.442 e. The molecule has 1 N–H and O–H groups in total. The van der Waals surface area contributed by atoms with Crippen molar-refractivity contribution in [2.75, 3.05) is 36.0 Å². The molecule has 0 aliphatic carbocycles. The van der Waals surface area contributed by atoms with Crippen molar-refractivity contribution in [2.45, 2.75) is 25.5 Å². The number of ether oxygens (including phenoxy) is 1. The molecule has 2 aliphatic heterocycles. The minimum atomic E-state index is -0.571. The van der Waals surface area contributed by atoms with Gasteiger partial charge in [0.1, 0.15) is 17.7 Å². The summed E-state index contributed by atoms with van der Waals surface area (Å²) in [5.74, 6) is -0.970. The highest BCUT2D eigenvalue weighted by atomic mass is 19.1. The molecule has 3 heterocycles. The third kappa shape index (κ3) is 4.68. The third-order valence-corrected chi connectivity index (χ3v) is 6.33. The van der Waals surface area contributed by atoms with Gasteiger partial charge in [-0.25, -0.2) is 13.6 Å². The van der Waals surface area contributed by atoms with E-state index in [-0.39, 0.29) is 30.9 Å². The fourth-order valence-corrected chi connectivity index (χ4v) is 4.55. The van der Waals surface area contributed by atoms with Gasteiger partial charge < -0.3 is 15.0 Å². The Hall–Kier alpha value is -3.95. The lowest BCUT2D eigenvalue weighted by atomic mass is 10.1. The number of amides is 2. The average Bonchev–Trinajstić information content (AvgIpc) is 3.57. The van der Waals surface area contributed by atoms with Crippen LogP contribution in [0.2, 0.25) is 0 Å². The lowest BCUT2D eigenvalue weighted by molar-refractivity contribution is -0.119. The second-order valence-corrected chi connectivity index (χ2v) is 8.74. The molecule has 1 aromatic heterocycles. The zero-order valence-electron chi connectivity index (χ0n) is 19.2. The summed E-state index contributed by atoms with van der Waals surface area (Å²) in [4.78, 5) is 26.6. The number of nitrogens with one attached hydrogen (secondary N) is 1. The summed E-state index contributed by atoms with van der Waals surface area (Å²) in [5, 5.41) is 7.17. The van der Waals surface area contributed by atoms with E-state index < -0.39 is 18.0 Å². The van der Waals surface area contributed by atoms with Crippen molar-refractivity contribution in [2.24, 2.45) is 0 Å². The number of nitrogens with zero attached hydrogens (tertiary/aromatic N) is 4. The predicted molar refractivity (Wildman–Crippen MR) is 126 cm³/mol. The first kappa shape index (κ1) is 22.8. The first-order chi connectivity index (χ1) is 16.9. The lowest BCUT2D eigenvalue weighted by Crippen LogP contribution is -2.33. The molecule has 5 rings (SSSR count). The topological polar surface area (TPSA) is 79.7 Å². The van der Waals surface area contributed by atoms with Gasteiger partial charge in [-0.3, -0.25) is 14.4 Å². The van der Waals surface area contributed by atoms with Crippen molar-refractivity contribution >= 4 is 23.4 Å². The molecule has 0 radical (unpaired) electrons. The molecule has 2 amide bonds. The Bertz CT molecular complexity index is 1260. The molecule has 2 atom stereocenters. The fraction of sp³-hybridized carbons (Fsp3) is 0.320. The number of hydrogen-bond donors (Lipinski definition) is 1. The van der Waals surface area contributed by atoms with Crippen LogP contribution in [0.3, 0.4) is 0 Å². The van der Waals surface area contributed by atoms with E-state index in [4.69, 9.17) is 4.74 Å². The quantitative estimate of drug-likeness (QED) is 0.580. The van der Waals surface area contributed by atoms with Crippen molar-refractivity contribution in [1.82, 2.24) is 15.1 Å². The van der Waals surface area contributed by atoms with Crippen molar-refractivity contribution in [1.29, 1.82) is 0 Å². The van der Waals surface area contributed by atoms with E-state index in [1.807, 2.05) is 15.8 Å². The highest BCUT2D eigenvalue weighted by molar-refractivity contribution is 5.90. The molecule has 35 heavy (non-hydrogen) atoms. The third-order valence-electron chi connectivity index (χ3n) is 6.33. The molecule has 0 saturated carbocycles. The van der Waals surface area contributed by atoms with Crippen LogP contribution < -0.4 is 15.1 Å². The largest absolute Gasteiger partial charge is 0.442 e. The summed E-state index contributed by atoms with van der Waals surface area (Å²) in [7, 11) is 0. The standard InChI is InChI=1S/C25H25F2N5O3/c1-16(33)28-13-19-15-31(25(34)35-19)17-6-7-24(22(27)12-17)30-10-8-18(14-30)32-11-9-23(29-32)20-4-2-3-5-21(20)26/h2-7,9,11-12,18-19H,8,10,13-15H2,1H3,(H,28,33)/t18-,19+/m1/s1. The van der Waals surface area contributed by atoms with E-state index in [1.54, 1.807) is 36.4 Å². The van der Waals surface area contributed by atoms with Gasteiger partial charge in [0.25, 0.3) is 0 Å². The molecule has 8 nitrogen and oxygen atoms in total. The van der Waals surface area contributed by atoms with E-state index in [0.29, 0.717) is 35.7 Å². The van der Waals surface area contributed by atoms with Gasteiger partial charge in [0, 0.05) is 31.8 Å². The Kier molecular flexibility index (Phi) is 6.10. The Morgan fingerprint density at radius 3 is 2.74 bits per heavy atom. The molecular weight excluding hydrogens is 456 g/mol. The molecule has 2 aromatic carbocycles. The van der Waals surface area contributed by atoms with Crippen LogP contribution in [0.25, 0.3) is 11.3 Å². The first-order valence-electron chi connectivity index (χ1n) is 11.5. The van der Waals surface area contributed by atoms with Gasteiger partial charge in [-0.1, -0.05) is 12.1 Å². The summed E-state index contributed by atoms with van der Waals surface area (Å²) >= 11 is 0. The second-order valence-electron chi connectivity index (χ2n) is 8.74. The first-order valence-corrected chi connectivity index (χ1v) is 11.5. The van der Waals surface area contributed by atoms with Gasteiger partial charge in [-0.2, -0.15) is 5.10 Å². The summed E-state index contributed by atoms with van der Waals surface area (Å²) in [6.07, 6.45) is 1.53. The molecule has 0 unspecified atom stereocenters. The second kappa shape index (κ2) is 9.36. The number of aromatic nitrogens is 2. The number of halogens is 2. The monoisotopic (exact) mass is 481 g/mol. The molecule has 2 fully saturated rings. The lowest BCUT2D eigenvalue weighted by Gasteiger charge is -2.21. The SMILES string of the molecule is CC(=O)NC[C@H]1CN(c2ccc(N3CC[C@@H](n4ccc(-c5ccccc5F)n4)C3)c(F)c2)C(=O)O1. The highest BCUT2D eigenvalue weighted by Gasteiger charge is 2.33. The fourth-order valence-electron chi connectivity index (χ4n) is 4.55. The van der Waals surface area contributed by atoms with E-state index >= 15 is 4.39 Å². The molecule has 2 saturated heterocycles. The Morgan fingerprint density at radius 1 is 1.14 bits per heavy atom. The normalized spacial score (nSPS) is 19.8. The molecular formula is C25H25F2N5O3. The number of rotatable bonds is 6. The number of carbonyl (C=O) groups excluding carboxylic acids is 2. The maximum atomic E-state index is 15.1. The van der Waals surface area contributed by atoms with Crippen LogP contribution in [0.1, 0.15) is 19.4 Å². The van der Waals surface area contributed by atoms with Gasteiger partial charge in [-0.05, 0) is 42.8 Å². The number of anilines is 2. The molecule has 3 aromatic rings. The molecule has 0 spiro atoms. The van der Waals surface area contributed by atoms with Crippen molar-refractivity contribution in [3.63, 3.8) is 0 Å². The highest BCUT2D eigenvalue weighted by Crippen LogP contribution is 2.32. The smallest absolute Gasteiger partial charge is 0.414 e. The van der Waals surface area contributed by atoms with Gasteiger partial charge in [0.2, 0.25) is 5.91 Å². The van der Waals surface area contributed by atoms with Crippen molar-refractivity contribution < 1.29 is 23.1 Å². The zero-order valence-corrected chi connectivity index (χ0v) is 19.2. The molecule has 182 valence electrons. The van der Waals surface area contributed by atoms with Crippen LogP contribution in [-0.4, -0.2) is 54.1 Å². The van der Waals surface area contributed by atoms with Gasteiger partial charge >= 0.3 is 6.09 Å². The van der Waals surface area contributed by atoms with Crippen LogP contribution in [-0.2, 0) is 9.53 Å². The minimum absolute atomic E-state index is 0.0256. The summed E-state index contributed by atoms with van der Waals surface area (Å²) in [6, 6.07) is 13.0. The number of cyclic esters (lactones) is 1. The van der Waals surface area contributed by atoms with E-state index in [9.17, 15) is 14.0 Å². The number of carbonyl (C=O) groups is 2. The van der Waals surface area contributed by atoms with Gasteiger partial charge in [0.05, 0.1) is 36.2 Å². The van der Waals surface area contributed by atoms with E-state index in [0.717, 1.165) is 6.42 Å². The maximum Gasteiger partial charge on any atom is 0.414 e. The summed E-state index contributed by atoms with van der Waals surface area (Å²) in [5.41, 5.74) is 1.85.